The number of hydrogen-bond acceptors (Lipinski definition) is 4. The lowest BCUT2D eigenvalue weighted by Crippen LogP contribution is -1.99. The van der Waals surface area contributed by atoms with Crippen LogP contribution in [0.4, 0.5) is 5.82 Å². The summed E-state index contributed by atoms with van der Waals surface area (Å²) in [5, 5.41) is 23.0. The third-order valence-electron chi connectivity index (χ3n) is 2.28. The average Bonchev–Trinajstić information content (AvgIpc) is 2.68. The van der Waals surface area contributed by atoms with Crippen molar-refractivity contribution in [3.05, 3.63) is 21.9 Å². The standard InChI is InChI=1S/C10H14N4O2/c1-2-3-4-5-6-13-8-9(7-11)10(12-13)14(15)16/h8H,2-6H2,1H3. The maximum absolute atomic E-state index is 10.5. The van der Waals surface area contributed by atoms with Crippen molar-refractivity contribution < 1.29 is 4.92 Å². The molecule has 1 rings (SSSR count). The van der Waals surface area contributed by atoms with Crippen LogP contribution in [0.25, 0.3) is 0 Å². The van der Waals surface area contributed by atoms with Gasteiger partial charge in [0.2, 0.25) is 0 Å². The van der Waals surface area contributed by atoms with Crippen molar-refractivity contribution in [2.75, 3.05) is 0 Å². The molecule has 0 unspecified atom stereocenters. The second kappa shape index (κ2) is 5.85. The summed E-state index contributed by atoms with van der Waals surface area (Å²) in [6, 6.07) is 1.77. The van der Waals surface area contributed by atoms with Crippen LogP contribution in [0.1, 0.15) is 38.2 Å². The highest BCUT2D eigenvalue weighted by Gasteiger charge is 2.19. The molecule has 1 heterocycles. The topological polar surface area (TPSA) is 84.8 Å². The maximum Gasteiger partial charge on any atom is 0.407 e. The third-order valence-corrected chi connectivity index (χ3v) is 2.28. The molecule has 6 nitrogen and oxygen atoms in total. The average molecular weight is 222 g/mol. The van der Waals surface area contributed by atoms with Crippen LogP contribution >= 0.6 is 0 Å². The summed E-state index contributed by atoms with van der Waals surface area (Å²) in [6.45, 7) is 2.75. The first kappa shape index (κ1) is 12.2. The van der Waals surface area contributed by atoms with E-state index in [0.29, 0.717) is 6.54 Å². The van der Waals surface area contributed by atoms with Crippen molar-refractivity contribution in [3.63, 3.8) is 0 Å². The van der Waals surface area contributed by atoms with Crippen LogP contribution in [0.5, 0.6) is 0 Å². The van der Waals surface area contributed by atoms with Crippen LogP contribution in [0.3, 0.4) is 0 Å². The van der Waals surface area contributed by atoms with Crippen molar-refractivity contribution in [1.82, 2.24) is 9.78 Å². The minimum Gasteiger partial charge on any atom is -0.358 e. The fourth-order valence-electron chi connectivity index (χ4n) is 1.44. The molecule has 0 fully saturated rings. The van der Waals surface area contributed by atoms with E-state index >= 15 is 0 Å². The Balaban J connectivity index is 2.62. The van der Waals surface area contributed by atoms with E-state index in [1.165, 1.54) is 10.9 Å². The van der Waals surface area contributed by atoms with Gasteiger partial charge in [-0.2, -0.15) is 9.94 Å². The highest BCUT2D eigenvalue weighted by molar-refractivity contribution is 5.40. The number of aryl methyl sites for hydroxylation is 1. The maximum atomic E-state index is 10.5. The van der Waals surface area contributed by atoms with Gasteiger partial charge in [-0.3, -0.25) is 0 Å². The van der Waals surface area contributed by atoms with E-state index in [0.717, 1.165) is 25.7 Å². The third kappa shape index (κ3) is 3.05. The first-order chi connectivity index (χ1) is 7.69. The molecule has 16 heavy (non-hydrogen) atoms. The van der Waals surface area contributed by atoms with E-state index in [9.17, 15) is 10.1 Å². The summed E-state index contributed by atoms with van der Waals surface area (Å²) in [4.78, 5) is 9.92. The van der Waals surface area contributed by atoms with Gasteiger partial charge in [-0.1, -0.05) is 26.2 Å². The van der Waals surface area contributed by atoms with Crippen molar-refractivity contribution in [2.45, 2.75) is 39.2 Å². The Morgan fingerprint density at radius 1 is 1.56 bits per heavy atom. The molecule has 0 radical (unpaired) electrons. The molecular formula is C10H14N4O2. The highest BCUT2D eigenvalue weighted by atomic mass is 16.6. The molecule has 1 aromatic heterocycles. The lowest BCUT2D eigenvalue weighted by Gasteiger charge is -1.96. The summed E-state index contributed by atoms with van der Waals surface area (Å²) < 4.78 is 1.48. The Kier molecular flexibility index (Phi) is 4.45. The van der Waals surface area contributed by atoms with Gasteiger partial charge in [0, 0.05) is 0 Å². The van der Waals surface area contributed by atoms with Crippen LogP contribution in [-0.4, -0.2) is 14.7 Å². The van der Waals surface area contributed by atoms with Crippen molar-refractivity contribution >= 4 is 5.82 Å². The zero-order chi connectivity index (χ0) is 12.0. The lowest BCUT2D eigenvalue weighted by atomic mass is 10.2. The van der Waals surface area contributed by atoms with Crippen LogP contribution in [0.15, 0.2) is 6.20 Å². The molecule has 1 aromatic rings. The van der Waals surface area contributed by atoms with Gasteiger partial charge < -0.3 is 10.1 Å². The number of nitrogens with zero attached hydrogens (tertiary/aromatic N) is 4. The molecule has 0 aliphatic carbocycles. The van der Waals surface area contributed by atoms with Crippen LogP contribution in [-0.2, 0) is 6.54 Å². The molecule has 0 amide bonds. The predicted molar refractivity (Wildman–Crippen MR) is 57.7 cm³/mol. The summed E-state index contributed by atoms with van der Waals surface area (Å²) in [6.07, 6.45) is 5.73. The molecule has 0 saturated heterocycles. The van der Waals surface area contributed by atoms with Crippen molar-refractivity contribution in [1.29, 1.82) is 5.26 Å². The summed E-state index contributed by atoms with van der Waals surface area (Å²) in [5.41, 5.74) is 0.0282. The van der Waals surface area contributed by atoms with Crippen molar-refractivity contribution in [3.8, 4) is 6.07 Å². The molecule has 6 heteroatoms. The Hall–Kier alpha value is -1.90. The fourth-order valence-corrected chi connectivity index (χ4v) is 1.44. The Labute approximate surface area is 93.6 Å². The number of rotatable bonds is 6. The molecular weight excluding hydrogens is 208 g/mol. The quantitative estimate of drug-likeness (QED) is 0.419. The zero-order valence-corrected chi connectivity index (χ0v) is 9.22. The number of aromatic nitrogens is 2. The highest BCUT2D eigenvalue weighted by Crippen LogP contribution is 2.14. The van der Waals surface area contributed by atoms with Gasteiger partial charge in [0.05, 0.1) is 17.8 Å². The fraction of sp³-hybridized carbons (Fsp3) is 0.600. The summed E-state index contributed by atoms with van der Waals surface area (Å²) in [5.74, 6) is -0.349. The predicted octanol–water partition coefficient (Wildman–Crippen LogP) is 2.24. The molecule has 0 bridgehead atoms. The number of nitro groups is 1. The summed E-state index contributed by atoms with van der Waals surface area (Å²) >= 11 is 0. The van der Waals surface area contributed by atoms with Crippen LogP contribution in [0.2, 0.25) is 0 Å². The SMILES string of the molecule is CCCCCCn1cc(C#N)c([N+](=O)[O-])n1. The molecule has 0 aliphatic rings. The Morgan fingerprint density at radius 2 is 2.31 bits per heavy atom. The van der Waals surface area contributed by atoms with Gasteiger partial charge in [-0.15, -0.1) is 0 Å². The molecule has 86 valence electrons. The van der Waals surface area contributed by atoms with Crippen molar-refractivity contribution in [2.24, 2.45) is 0 Å². The smallest absolute Gasteiger partial charge is 0.358 e. The van der Waals surface area contributed by atoms with Gasteiger partial charge >= 0.3 is 5.82 Å². The molecule has 0 atom stereocenters. The number of hydrogen-bond donors (Lipinski definition) is 0. The Morgan fingerprint density at radius 3 is 2.81 bits per heavy atom. The number of unbranched alkanes of at least 4 members (excludes halogenated alkanes) is 3. The van der Waals surface area contributed by atoms with E-state index in [1.54, 1.807) is 6.07 Å². The molecule has 0 N–H and O–H groups in total. The lowest BCUT2D eigenvalue weighted by molar-refractivity contribution is -0.390. The van der Waals surface area contributed by atoms with Gasteiger partial charge in [-0.05, 0) is 11.3 Å². The number of nitriles is 1. The minimum absolute atomic E-state index is 0.0282. The molecule has 0 saturated carbocycles. The monoisotopic (exact) mass is 222 g/mol. The van der Waals surface area contributed by atoms with Gasteiger partial charge in [0.25, 0.3) is 0 Å². The molecule has 0 spiro atoms. The van der Waals surface area contributed by atoms with Crippen LogP contribution in [0, 0.1) is 21.4 Å². The van der Waals surface area contributed by atoms with Gasteiger partial charge in [0.15, 0.2) is 5.56 Å². The van der Waals surface area contributed by atoms with E-state index < -0.39 is 4.92 Å². The first-order valence-electron chi connectivity index (χ1n) is 5.31. The molecule has 0 aromatic carbocycles. The minimum atomic E-state index is -0.624. The summed E-state index contributed by atoms with van der Waals surface area (Å²) in [7, 11) is 0. The van der Waals surface area contributed by atoms with Crippen LogP contribution < -0.4 is 0 Å². The van der Waals surface area contributed by atoms with Gasteiger partial charge in [0.1, 0.15) is 6.07 Å². The van der Waals surface area contributed by atoms with E-state index in [1.807, 2.05) is 0 Å². The molecule has 0 aliphatic heterocycles. The first-order valence-corrected chi connectivity index (χ1v) is 5.31. The Bertz CT molecular complexity index is 405. The van der Waals surface area contributed by atoms with E-state index in [2.05, 4.69) is 12.0 Å². The second-order valence-corrected chi connectivity index (χ2v) is 3.56. The normalized spacial score (nSPS) is 10.0. The largest absolute Gasteiger partial charge is 0.407 e. The van der Waals surface area contributed by atoms with E-state index in [4.69, 9.17) is 5.26 Å². The zero-order valence-electron chi connectivity index (χ0n) is 9.22. The van der Waals surface area contributed by atoms with Gasteiger partial charge in [-0.25, -0.2) is 0 Å². The van der Waals surface area contributed by atoms with E-state index in [-0.39, 0.29) is 11.4 Å². The second-order valence-electron chi connectivity index (χ2n) is 3.56.